The summed E-state index contributed by atoms with van der Waals surface area (Å²) in [5, 5.41) is 3.64. The van der Waals surface area contributed by atoms with Gasteiger partial charge in [-0.15, -0.1) is 0 Å². The van der Waals surface area contributed by atoms with Gasteiger partial charge < -0.3 is 5.32 Å². The average Bonchev–Trinajstić information content (AvgIpc) is 2.48. The van der Waals surface area contributed by atoms with Crippen molar-refractivity contribution < 1.29 is 0 Å². The summed E-state index contributed by atoms with van der Waals surface area (Å²) in [6.07, 6.45) is 6.98. The molecule has 1 aromatic carbocycles. The molecule has 2 atom stereocenters. The van der Waals surface area contributed by atoms with Crippen molar-refractivity contribution in [3.63, 3.8) is 0 Å². The summed E-state index contributed by atoms with van der Waals surface area (Å²) < 4.78 is 0. The maximum absolute atomic E-state index is 3.64. The van der Waals surface area contributed by atoms with E-state index in [9.17, 15) is 0 Å². The Morgan fingerprint density at radius 1 is 1.21 bits per heavy atom. The molecule has 2 heteroatoms. The first kappa shape index (κ1) is 14.3. The Bertz CT molecular complexity index is 386. The highest BCUT2D eigenvalue weighted by Crippen LogP contribution is 2.12. The second-order valence-electron chi connectivity index (χ2n) is 5.34. The highest BCUT2D eigenvalue weighted by atomic mass is 15.2. The Morgan fingerprint density at radius 2 is 2.00 bits per heavy atom. The Labute approximate surface area is 117 Å². The molecule has 19 heavy (non-hydrogen) atoms. The zero-order valence-corrected chi connectivity index (χ0v) is 12.2. The van der Waals surface area contributed by atoms with E-state index in [0.717, 1.165) is 13.1 Å². The average molecular weight is 258 g/mol. The van der Waals surface area contributed by atoms with E-state index in [4.69, 9.17) is 0 Å². The van der Waals surface area contributed by atoms with Gasteiger partial charge in [-0.2, -0.15) is 0 Å². The van der Waals surface area contributed by atoms with E-state index in [1.807, 2.05) is 0 Å². The van der Waals surface area contributed by atoms with Gasteiger partial charge >= 0.3 is 0 Å². The fourth-order valence-electron chi connectivity index (χ4n) is 2.72. The van der Waals surface area contributed by atoms with E-state index in [0.29, 0.717) is 12.1 Å². The summed E-state index contributed by atoms with van der Waals surface area (Å²) in [7, 11) is 0. The van der Waals surface area contributed by atoms with Crippen molar-refractivity contribution in [1.29, 1.82) is 0 Å². The number of nitrogens with one attached hydrogen (secondary N) is 1. The standard InChI is InChI=1S/C17H26N2/c1-3-16-14-19(17(4-2)13-18-16)12-8-11-15-9-6-5-7-10-15/h5-11,16-18H,3-4,12-14H2,1-2H3. The van der Waals surface area contributed by atoms with Crippen LogP contribution < -0.4 is 5.32 Å². The molecule has 2 nitrogen and oxygen atoms in total. The number of hydrogen-bond acceptors (Lipinski definition) is 2. The summed E-state index contributed by atoms with van der Waals surface area (Å²) >= 11 is 0. The van der Waals surface area contributed by atoms with Crippen LogP contribution >= 0.6 is 0 Å². The van der Waals surface area contributed by atoms with Crippen molar-refractivity contribution >= 4 is 6.08 Å². The zero-order valence-electron chi connectivity index (χ0n) is 12.2. The fraction of sp³-hybridized carbons (Fsp3) is 0.529. The van der Waals surface area contributed by atoms with Crippen LogP contribution in [0, 0.1) is 0 Å². The van der Waals surface area contributed by atoms with Crippen molar-refractivity contribution in [1.82, 2.24) is 10.2 Å². The molecule has 0 aromatic heterocycles. The molecular formula is C17H26N2. The third-order valence-electron chi connectivity index (χ3n) is 4.03. The predicted molar refractivity (Wildman–Crippen MR) is 83.2 cm³/mol. The quantitative estimate of drug-likeness (QED) is 0.872. The van der Waals surface area contributed by atoms with Gasteiger partial charge in [0, 0.05) is 31.7 Å². The molecule has 0 amide bonds. The first-order valence-electron chi connectivity index (χ1n) is 7.52. The normalized spacial score (nSPS) is 24.9. The Hall–Kier alpha value is -1.12. The highest BCUT2D eigenvalue weighted by Gasteiger charge is 2.24. The highest BCUT2D eigenvalue weighted by molar-refractivity contribution is 5.48. The monoisotopic (exact) mass is 258 g/mol. The maximum Gasteiger partial charge on any atom is 0.0222 e. The van der Waals surface area contributed by atoms with Gasteiger partial charge in [-0.05, 0) is 18.4 Å². The lowest BCUT2D eigenvalue weighted by atomic mass is 10.1. The van der Waals surface area contributed by atoms with Gasteiger partial charge in [-0.3, -0.25) is 4.90 Å². The van der Waals surface area contributed by atoms with Crippen LogP contribution in [0.25, 0.3) is 6.08 Å². The van der Waals surface area contributed by atoms with Crippen molar-refractivity contribution in [2.45, 2.75) is 38.8 Å². The minimum absolute atomic E-state index is 0.660. The predicted octanol–water partition coefficient (Wildman–Crippen LogP) is 3.16. The molecule has 1 saturated heterocycles. The van der Waals surface area contributed by atoms with E-state index < -0.39 is 0 Å². The van der Waals surface area contributed by atoms with Gasteiger partial charge in [0.05, 0.1) is 0 Å². The van der Waals surface area contributed by atoms with Crippen molar-refractivity contribution in [2.75, 3.05) is 19.6 Å². The van der Waals surface area contributed by atoms with E-state index >= 15 is 0 Å². The fourth-order valence-corrected chi connectivity index (χ4v) is 2.72. The van der Waals surface area contributed by atoms with Gasteiger partial charge in [0.15, 0.2) is 0 Å². The number of piperazine rings is 1. The maximum atomic E-state index is 3.64. The summed E-state index contributed by atoms with van der Waals surface area (Å²) in [6, 6.07) is 11.9. The molecule has 1 aliphatic heterocycles. The van der Waals surface area contributed by atoms with Gasteiger partial charge in [0.1, 0.15) is 0 Å². The molecular weight excluding hydrogens is 232 g/mol. The van der Waals surface area contributed by atoms with E-state index in [1.165, 1.54) is 24.9 Å². The SMILES string of the molecule is CCC1CN(CC=Cc2ccccc2)C(CC)CN1. The van der Waals surface area contributed by atoms with Crippen molar-refractivity contribution in [3.8, 4) is 0 Å². The lowest BCUT2D eigenvalue weighted by Gasteiger charge is -2.39. The Morgan fingerprint density at radius 3 is 2.68 bits per heavy atom. The molecule has 0 radical (unpaired) electrons. The van der Waals surface area contributed by atoms with Crippen molar-refractivity contribution in [2.24, 2.45) is 0 Å². The molecule has 0 aliphatic carbocycles. The van der Waals surface area contributed by atoms with Crippen LogP contribution in [0.15, 0.2) is 36.4 Å². The van der Waals surface area contributed by atoms with Crippen LogP contribution in [0.2, 0.25) is 0 Å². The second-order valence-corrected chi connectivity index (χ2v) is 5.34. The molecule has 1 fully saturated rings. The molecule has 2 rings (SSSR count). The Balaban J connectivity index is 1.90. The minimum Gasteiger partial charge on any atom is -0.311 e. The molecule has 1 aromatic rings. The Kier molecular flexibility index (Phi) is 5.62. The zero-order chi connectivity index (χ0) is 13.5. The summed E-state index contributed by atoms with van der Waals surface area (Å²) in [5.41, 5.74) is 1.29. The van der Waals surface area contributed by atoms with Crippen LogP contribution in [0.5, 0.6) is 0 Å². The van der Waals surface area contributed by atoms with Crippen LogP contribution in [-0.2, 0) is 0 Å². The molecule has 1 N–H and O–H groups in total. The first-order chi connectivity index (χ1) is 9.33. The summed E-state index contributed by atoms with van der Waals surface area (Å²) in [5.74, 6) is 0. The van der Waals surface area contributed by atoms with Crippen LogP contribution in [-0.4, -0.2) is 36.6 Å². The van der Waals surface area contributed by atoms with E-state index in [1.54, 1.807) is 0 Å². The van der Waals surface area contributed by atoms with Gasteiger partial charge in [-0.1, -0.05) is 56.3 Å². The van der Waals surface area contributed by atoms with Gasteiger partial charge in [0.2, 0.25) is 0 Å². The molecule has 1 heterocycles. The lowest BCUT2D eigenvalue weighted by molar-refractivity contribution is 0.140. The molecule has 0 spiro atoms. The van der Waals surface area contributed by atoms with Crippen LogP contribution in [0.4, 0.5) is 0 Å². The summed E-state index contributed by atoms with van der Waals surface area (Å²) in [6.45, 7) is 7.92. The largest absolute Gasteiger partial charge is 0.311 e. The summed E-state index contributed by atoms with van der Waals surface area (Å²) in [4.78, 5) is 2.62. The smallest absolute Gasteiger partial charge is 0.0222 e. The molecule has 2 unspecified atom stereocenters. The third kappa shape index (κ3) is 4.19. The number of nitrogens with zero attached hydrogens (tertiary/aromatic N) is 1. The number of hydrogen-bond donors (Lipinski definition) is 1. The lowest BCUT2D eigenvalue weighted by Crippen LogP contribution is -2.55. The van der Waals surface area contributed by atoms with E-state index in [2.05, 4.69) is 66.5 Å². The van der Waals surface area contributed by atoms with Gasteiger partial charge in [-0.25, -0.2) is 0 Å². The molecule has 104 valence electrons. The third-order valence-corrected chi connectivity index (χ3v) is 4.03. The number of benzene rings is 1. The van der Waals surface area contributed by atoms with Crippen LogP contribution in [0.1, 0.15) is 32.3 Å². The molecule has 0 bridgehead atoms. The van der Waals surface area contributed by atoms with E-state index in [-0.39, 0.29) is 0 Å². The van der Waals surface area contributed by atoms with Crippen molar-refractivity contribution in [3.05, 3.63) is 42.0 Å². The molecule has 1 aliphatic rings. The van der Waals surface area contributed by atoms with Crippen LogP contribution in [0.3, 0.4) is 0 Å². The first-order valence-corrected chi connectivity index (χ1v) is 7.52. The van der Waals surface area contributed by atoms with Gasteiger partial charge in [0.25, 0.3) is 0 Å². The second kappa shape index (κ2) is 7.46. The topological polar surface area (TPSA) is 15.3 Å². The number of rotatable bonds is 5. The molecule has 0 saturated carbocycles. The minimum atomic E-state index is 0.660.